The van der Waals surface area contributed by atoms with Gasteiger partial charge in [0.05, 0.1) is 19.4 Å². The standard InChI is InChI=1S/C38H65N11O7/c39-14-2-5-16-43-27-36(55)46-19-7-6-15-41-22-12-34(53)45-21-9-17-42-23-13-33(52)44-18-3-1-4-20-47-38(56)30(25-32(40)51)49-35(54)24-28-26-48-29-10-8-11-31(50)37(28)29/h8,10-11,26,30,41-43,48,50H,1-7,9,12-25,27,39H2,(H2,40,51)(H,44,52)(H,45,53)(H,46,55)(H,47,56)(H,49,54)/t30-/m0/s1. The Hall–Kier alpha value is -4.78. The molecule has 0 fully saturated rings. The summed E-state index contributed by atoms with van der Waals surface area (Å²) in [5.74, 6) is -1.79. The predicted molar refractivity (Wildman–Crippen MR) is 215 cm³/mol. The number of nitrogens with one attached hydrogen (secondary N) is 9. The van der Waals surface area contributed by atoms with Gasteiger partial charge in [0.2, 0.25) is 35.4 Å². The van der Waals surface area contributed by atoms with Crippen LogP contribution in [0.3, 0.4) is 0 Å². The lowest BCUT2D eigenvalue weighted by molar-refractivity contribution is -0.131. The Morgan fingerprint density at radius 2 is 1.21 bits per heavy atom. The lowest BCUT2D eigenvalue weighted by Crippen LogP contribution is -2.49. The van der Waals surface area contributed by atoms with Gasteiger partial charge >= 0.3 is 0 Å². The molecule has 14 N–H and O–H groups in total. The zero-order chi connectivity index (χ0) is 40.8. The van der Waals surface area contributed by atoms with Gasteiger partial charge in [-0.25, -0.2) is 0 Å². The molecule has 6 amide bonds. The molecule has 0 bridgehead atoms. The van der Waals surface area contributed by atoms with Crippen molar-refractivity contribution < 1.29 is 33.9 Å². The van der Waals surface area contributed by atoms with Crippen LogP contribution >= 0.6 is 0 Å². The van der Waals surface area contributed by atoms with Crippen molar-refractivity contribution in [1.29, 1.82) is 0 Å². The van der Waals surface area contributed by atoms with Crippen LogP contribution in [0, 0.1) is 0 Å². The Balaban J connectivity index is 1.40. The van der Waals surface area contributed by atoms with Gasteiger partial charge in [-0.3, -0.25) is 28.8 Å². The number of rotatable bonds is 33. The lowest BCUT2D eigenvalue weighted by Gasteiger charge is -2.17. The topological polar surface area (TPSA) is 287 Å². The summed E-state index contributed by atoms with van der Waals surface area (Å²) in [6, 6.07) is 3.85. The van der Waals surface area contributed by atoms with Crippen molar-refractivity contribution in [2.75, 3.05) is 72.0 Å². The highest BCUT2D eigenvalue weighted by Crippen LogP contribution is 2.27. The molecule has 2 rings (SSSR count). The summed E-state index contributed by atoms with van der Waals surface area (Å²) in [5.41, 5.74) is 12.0. The van der Waals surface area contributed by atoms with Gasteiger partial charge in [-0.05, 0) is 95.2 Å². The molecule has 0 radical (unpaired) electrons. The number of aromatic hydroxyl groups is 1. The predicted octanol–water partition coefficient (Wildman–Crippen LogP) is -1.13. The molecular weight excluding hydrogens is 722 g/mol. The van der Waals surface area contributed by atoms with E-state index in [1.165, 1.54) is 6.07 Å². The number of carbonyl (C=O) groups is 6. The molecule has 1 atom stereocenters. The van der Waals surface area contributed by atoms with Gasteiger partial charge in [0.15, 0.2) is 0 Å². The van der Waals surface area contributed by atoms with E-state index in [2.05, 4.69) is 47.5 Å². The molecule has 18 heteroatoms. The molecule has 1 aromatic carbocycles. The van der Waals surface area contributed by atoms with E-state index in [9.17, 15) is 33.9 Å². The van der Waals surface area contributed by atoms with Crippen LogP contribution in [0.4, 0.5) is 0 Å². The SMILES string of the molecule is NCCCCNCC(=O)NCCCCNCCC(=O)NCCCNCCC(=O)NCCCCCNC(=O)[C@H](CC(N)=O)NC(=O)Cc1c[nH]c2cccc(O)c12. The largest absolute Gasteiger partial charge is 0.507 e. The van der Waals surface area contributed by atoms with Crippen LogP contribution in [-0.2, 0) is 35.2 Å². The van der Waals surface area contributed by atoms with E-state index in [0.717, 1.165) is 58.0 Å². The first-order chi connectivity index (χ1) is 27.1. The van der Waals surface area contributed by atoms with Gasteiger partial charge < -0.3 is 64.1 Å². The number of phenolic OH excluding ortho intramolecular Hbond substituents is 1. The molecule has 56 heavy (non-hydrogen) atoms. The summed E-state index contributed by atoms with van der Waals surface area (Å²) < 4.78 is 0. The number of primary amides is 1. The maximum absolute atomic E-state index is 12.7. The van der Waals surface area contributed by atoms with Crippen molar-refractivity contribution in [1.82, 2.24) is 47.5 Å². The normalized spacial score (nSPS) is 11.5. The molecule has 314 valence electrons. The van der Waals surface area contributed by atoms with E-state index in [0.29, 0.717) is 94.6 Å². The zero-order valence-corrected chi connectivity index (χ0v) is 32.7. The number of hydrogen-bond donors (Lipinski definition) is 12. The first-order valence-electron chi connectivity index (χ1n) is 19.9. The average molecular weight is 788 g/mol. The molecule has 1 heterocycles. The molecule has 1 aromatic heterocycles. The van der Waals surface area contributed by atoms with Crippen LogP contribution in [0.15, 0.2) is 24.4 Å². The van der Waals surface area contributed by atoms with Crippen molar-refractivity contribution in [2.24, 2.45) is 11.5 Å². The van der Waals surface area contributed by atoms with Crippen molar-refractivity contribution >= 4 is 46.3 Å². The number of hydrogen-bond acceptors (Lipinski definition) is 11. The van der Waals surface area contributed by atoms with E-state index in [1.54, 1.807) is 18.3 Å². The number of nitrogens with two attached hydrogens (primary N) is 2. The molecule has 0 aliphatic heterocycles. The Morgan fingerprint density at radius 1 is 0.643 bits per heavy atom. The third kappa shape index (κ3) is 21.9. The van der Waals surface area contributed by atoms with Gasteiger partial charge in [0.25, 0.3) is 0 Å². The summed E-state index contributed by atoms with van der Waals surface area (Å²) in [4.78, 5) is 75.9. The number of H-pyrrole nitrogens is 1. The zero-order valence-electron chi connectivity index (χ0n) is 32.7. The van der Waals surface area contributed by atoms with Crippen LogP contribution in [0.25, 0.3) is 10.9 Å². The maximum Gasteiger partial charge on any atom is 0.243 e. The summed E-state index contributed by atoms with van der Waals surface area (Å²) in [5, 5.41) is 34.2. The van der Waals surface area contributed by atoms with Crippen LogP contribution in [0.2, 0.25) is 0 Å². The fraction of sp³-hybridized carbons (Fsp3) is 0.632. The summed E-state index contributed by atoms with van der Waals surface area (Å²) >= 11 is 0. The van der Waals surface area contributed by atoms with Crippen molar-refractivity contribution in [2.45, 2.75) is 83.1 Å². The molecule has 18 nitrogen and oxygen atoms in total. The fourth-order valence-corrected chi connectivity index (χ4v) is 5.73. The van der Waals surface area contributed by atoms with Gasteiger partial charge in [0.1, 0.15) is 11.8 Å². The van der Waals surface area contributed by atoms with Crippen LogP contribution in [-0.4, -0.2) is 124 Å². The second-order valence-electron chi connectivity index (χ2n) is 13.6. The number of amides is 6. The first kappa shape index (κ1) is 47.4. The Bertz CT molecular complexity index is 1490. The van der Waals surface area contributed by atoms with E-state index in [-0.39, 0.29) is 36.3 Å². The minimum atomic E-state index is -1.13. The third-order valence-corrected chi connectivity index (χ3v) is 8.75. The monoisotopic (exact) mass is 788 g/mol. The third-order valence-electron chi connectivity index (χ3n) is 8.75. The highest BCUT2D eigenvalue weighted by Gasteiger charge is 2.23. The van der Waals surface area contributed by atoms with Gasteiger partial charge in [-0.15, -0.1) is 0 Å². The number of aromatic nitrogens is 1. The second-order valence-corrected chi connectivity index (χ2v) is 13.6. The Morgan fingerprint density at radius 3 is 1.89 bits per heavy atom. The molecule has 0 spiro atoms. The summed E-state index contributed by atoms with van der Waals surface area (Å²) in [6.07, 6.45) is 8.43. The first-order valence-corrected chi connectivity index (χ1v) is 19.9. The van der Waals surface area contributed by atoms with E-state index in [4.69, 9.17) is 11.5 Å². The van der Waals surface area contributed by atoms with E-state index < -0.39 is 23.8 Å². The molecule has 0 saturated heterocycles. The average Bonchev–Trinajstić information content (AvgIpc) is 3.57. The van der Waals surface area contributed by atoms with Crippen molar-refractivity contribution in [3.63, 3.8) is 0 Å². The number of carbonyl (C=O) groups excluding carboxylic acids is 6. The number of aromatic amines is 1. The lowest BCUT2D eigenvalue weighted by atomic mass is 10.1. The number of fused-ring (bicyclic) bond motifs is 1. The fourth-order valence-electron chi connectivity index (χ4n) is 5.73. The summed E-state index contributed by atoms with van der Waals surface area (Å²) in [6.45, 7) is 6.38. The molecule has 0 aliphatic rings. The molecule has 2 aromatic rings. The minimum Gasteiger partial charge on any atom is -0.507 e. The van der Waals surface area contributed by atoms with Crippen LogP contribution in [0.5, 0.6) is 5.75 Å². The molecule has 0 saturated carbocycles. The second kappa shape index (κ2) is 29.5. The Kier molecular flexibility index (Phi) is 25.0. The van der Waals surface area contributed by atoms with Gasteiger partial charge in [-0.2, -0.15) is 0 Å². The van der Waals surface area contributed by atoms with Gasteiger partial charge in [-0.1, -0.05) is 6.07 Å². The highest BCUT2D eigenvalue weighted by atomic mass is 16.3. The van der Waals surface area contributed by atoms with E-state index in [1.807, 2.05) is 0 Å². The molecule has 0 unspecified atom stereocenters. The Labute approximate surface area is 329 Å². The van der Waals surface area contributed by atoms with E-state index >= 15 is 0 Å². The number of unbranched alkanes of at least 4 members (excludes halogenated alkanes) is 4. The number of benzene rings is 1. The minimum absolute atomic E-state index is 0.00416. The highest BCUT2D eigenvalue weighted by molar-refractivity contribution is 5.95. The number of phenols is 1. The quantitative estimate of drug-likeness (QED) is 0.0385. The molecular formula is C38H65N11O7. The van der Waals surface area contributed by atoms with Crippen LogP contribution < -0.4 is 54.0 Å². The molecule has 0 aliphatic carbocycles. The smallest absolute Gasteiger partial charge is 0.243 e. The van der Waals surface area contributed by atoms with Crippen LogP contribution in [0.1, 0.15) is 76.2 Å². The summed E-state index contributed by atoms with van der Waals surface area (Å²) in [7, 11) is 0. The van der Waals surface area contributed by atoms with Gasteiger partial charge in [0, 0.05) is 69.2 Å². The maximum atomic E-state index is 12.7. The van der Waals surface area contributed by atoms with Crippen molar-refractivity contribution in [3.05, 3.63) is 30.0 Å². The van der Waals surface area contributed by atoms with Crippen molar-refractivity contribution in [3.8, 4) is 5.75 Å².